The van der Waals surface area contributed by atoms with E-state index in [2.05, 4.69) is 22.8 Å². The van der Waals surface area contributed by atoms with Gasteiger partial charge in [0.2, 0.25) is 0 Å². The first kappa shape index (κ1) is 28.3. The SMILES string of the molecule is C[N-]C.C[N-]C.C[N-]CB(C)C1CCCC1Cl.[CH3-].[Zr+4]. The Labute approximate surface area is 146 Å². The molecule has 112 valence electrons. The zero-order valence-electron chi connectivity index (χ0n) is 13.8. The summed E-state index contributed by atoms with van der Waals surface area (Å²) < 4.78 is 0. The number of hydrogen-bond acceptors (Lipinski definition) is 0. The van der Waals surface area contributed by atoms with Crippen molar-refractivity contribution >= 4 is 18.3 Å². The van der Waals surface area contributed by atoms with Crippen LogP contribution in [0.15, 0.2) is 0 Å². The van der Waals surface area contributed by atoms with Crippen molar-refractivity contribution in [1.82, 2.24) is 0 Å². The van der Waals surface area contributed by atoms with Crippen LogP contribution in [0, 0.1) is 7.43 Å². The maximum absolute atomic E-state index is 6.17. The molecule has 2 atom stereocenters. The van der Waals surface area contributed by atoms with E-state index in [1.54, 1.807) is 28.2 Å². The number of alkyl halides is 1. The zero-order chi connectivity index (χ0) is 13.7. The van der Waals surface area contributed by atoms with Crippen molar-refractivity contribution in [2.75, 3.05) is 41.7 Å². The van der Waals surface area contributed by atoms with Crippen LogP contribution in [0.2, 0.25) is 12.6 Å². The van der Waals surface area contributed by atoms with E-state index in [0.29, 0.717) is 12.1 Å². The van der Waals surface area contributed by atoms with Crippen molar-refractivity contribution in [1.29, 1.82) is 0 Å². The summed E-state index contributed by atoms with van der Waals surface area (Å²) in [7, 11) is 8.88. The molecule has 0 spiro atoms. The molecule has 1 rings (SSSR count). The van der Waals surface area contributed by atoms with Gasteiger partial charge in [0.1, 0.15) is 6.71 Å². The van der Waals surface area contributed by atoms with E-state index in [4.69, 9.17) is 11.6 Å². The maximum atomic E-state index is 6.17. The Morgan fingerprint density at radius 3 is 1.74 bits per heavy atom. The summed E-state index contributed by atoms with van der Waals surface area (Å²) in [5.74, 6) is 0.723. The van der Waals surface area contributed by atoms with Crippen molar-refractivity contribution in [3.63, 3.8) is 0 Å². The standard InChI is InChI=1S/C8H16BClN.2C2H6N.CH3.Zr/c1-9(6-11-2)7-4-3-5-8(7)10;2*1-3-2;;/h7-8H,3-6H2,1-2H3;2*1-2H3;1H3;/q4*-1;+4. The van der Waals surface area contributed by atoms with Crippen molar-refractivity contribution in [2.45, 2.75) is 37.3 Å². The number of hydrogen-bond donors (Lipinski definition) is 0. The van der Waals surface area contributed by atoms with Crippen LogP contribution in [-0.2, 0) is 26.2 Å². The molecule has 1 fully saturated rings. The first-order valence-corrected chi connectivity index (χ1v) is 6.68. The van der Waals surface area contributed by atoms with E-state index in [1.807, 2.05) is 7.05 Å². The van der Waals surface area contributed by atoms with Crippen LogP contribution < -0.4 is 0 Å². The Morgan fingerprint density at radius 1 is 1.05 bits per heavy atom. The fourth-order valence-corrected chi connectivity index (χ4v) is 2.54. The monoisotopic (exact) mass is 365 g/mol. The molecule has 0 N–H and O–H groups in total. The molecule has 3 nitrogen and oxygen atoms in total. The second-order valence-electron chi connectivity index (χ2n) is 4.48. The molecule has 0 aliphatic heterocycles. The summed E-state index contributed by atoms with van der Waals surface area (Å²) >= 11 is 6.17. The Morgan fingerprint density at radius 2 is 1.47 bits per heavy atom. The molecule has 1 aliphatic rings. The molecule has 1 aliphatic carbocycles. The molecule has 0 bridgehead atoms. The van der Waals surface area contributed by atoms with Crippen LogP contribution in [0.3, 0.4) is 0 Å². The molecule has 1 saturated carbocycles. The molecule has 6 heteroatoms. The van der Waals surface area contributed by atoms with Gasteiger partial charge in [-0.2, -0.15) is 41.7 Å². The van der Waals surface area contributed by atoms with Crippen LogP contribution in [0.4, 0.5) is 0 Å². The van der Waals surface area contributed by atoms with Crippen molar-refractivity contribution in [3.05, 3.63) is 23.4 Å². The third kappa shape index (κ3) is 17.1. The molecule has 0 radical (unpaired) electrons. The van der Waals surface area contributed by atoms with Crippen LogP contribution in [0.25, 0.3) is 16.0 Å². The van der Waals surface area contributed by atoms with Crippen LogP contribution in [0.1, 0.15) is 19.3 Å². The summed E-state index contributed by atoms with van der Waals surface area (Å²) in [4.78, 5) is 0. The number of halogens is 1. The first-order valence-electron chi connectivity index (χ1n) is 6.24. The van der Waals surface area contributed by atoms with E-state index in [1.165, 1.54) is 19.3 Å². The van der Waals surface area contributed by atoms with Gasteiger partial charge in [-0.15, -0.1) is 11.6 Å². The second-order valence-corrected chi connectivity index (χ2v) is 5.04. The Hall–Kier alpha value is 1.12. The van der Waals surface area contributed by atoms with Crippen LogP contribution in [0.5, 0.6) is 0 Å². The van der Waals surface area contributed by atoms with Gasteiger partial charge < -0.3 is 23.4 Å². The predicted molar refractivity (Wildman–Crippen MR) is 89.8 cm³/mol. The average Bonchev–Trinajstić information content (AvgIpc) is 2.67. The quantitative estimate of drug-likeness (QED) is 0.401. The van der Waals surface area contributed by atoms with Gasteiger partial charge in [0, 0.05) is 5.38 Å². The largest absolute Gasteiger partial charge is 4.00 e. The average molecular weight is 367 g/mol. The van der Waals surface area contributed by atoms with E-state index in [-0.39, 0.29) is 33.6 Å². The topological polar surface area (TPSA) is 42.3 Å². The van der Waals surface area contributed by atoms with Gasteiger partial charge in [-0.3, -0.25) is 0 Å². The minimum atomic E-state index is 0. The molecular weight excluding hydrogens is 336 g/mol. The fraction of sp³-hybridized carbons (Fsp3) is 0.923. The second kappa shape index (κ2) is 21.4. The van der Waals surface area contributed by atoms with Crippen LogP contribution >= 0.6 is 11.6 Å². The van der Waals surface area contributed by atoms with E-state index >= 15 is 0 Å². The summed E-state index contributed by atoms with van der Waals surface area (Å²) in [6, 6.07) is 0. The minimum Gasteiger partial charge on any atom is -0.671 e. The fourth-order valence-electron chi connectivity index (χ4n) is 2.01. The molecular formula is C13H31BClN3Zr. The van der Waals surface area contributed by atoms with E-state index in [9.17, 15) is 0 Å². The van der Waals surface area contributed by atoms with Gasteiger partial charge >= 0.3 is 26.2 Å². The normalized spacial score (nSPS) is 19.7. The minimum absolute atomic E-state index is 0. The van der Waals surface area contributed by atoms with Crippen LogP contribution in [-0.4, -0.2) is 53.8 Å². The Kier molecular flexibility index (Phi) is 31.9. The third-order valence-corrected chi connectivity index (χ3v) is 3.23. The summed E-state index contributed by atoms with van der Waals surface area (Å²) in [5.41, 5.74) is 0. The third-order valence-electron chi connectivity index (χ3n) is 2.68. The van der Waals surface area contributed by atoms with Gasteiger partial charge in [-0.1, -0.05) is 19.7 Å². The molecule has 19 heavy (non-hydrogen) atoms. The van der Waals surface area contributed by atoms with Gasteiger partial charge in [0.15, 0.2) is 0 Å². The summed E-state index contributed by atoms with van der Waals surface area (Å²) in [5, 5.41) is 11.6. The zero-order valence-corrected chi connectivity index (χ0v) is 17.0. The smallest absolute Gasteiger partial charge is 0.671 e. The summed E-state index contributed by atoms with van der Waals surface area (Å²) in [6.07, 6.45) is 4.81. The molecule has 0 aromatic rings. The molecule has 0 saturated heterocycles. The number of nitrogens with zero attached hydrogens (tertiary/aromatic N) is 3. The molecule has 0 amide bonds. The maximum Gasteiger partial charge on any atom is 4.00 e. The van der Waals surface area contributed by atoms with E-state index in [0.717, 1.165) is 12.3 Å². The van der Waals surface area contributed by atoms with Gasteiger partial charge in [0.05, 0.1) is 0 Å². The van der Waals surface area contributed by atoms with Crippen molar-refractivity contribution in [2.24, 2.45) is 0 Å². The summed E-state index contributed by atoms with van der Waals surface area (Å²) in [6.45, 7) is 2.95. The number of rotatable bonds is 3. The molecule has 0 heterocycles. The molecule has 0 aromatic heterocycles. The van der Waals surface area contributed by atoms with Gasteiger partial charge in [-0.05, 0) is 12.2 Å². The molecule has 0 aromatic carbocycles. The Bertz CT molecular complexity index is 154. The molecule has 2 unspecified atom stereocenters. The Balaban J connectivity index is -0.000000122. The van der Waals surface area contributed by atoms with Crippen molar-refractivity contribution < 1.29 is 26.2 Å². The first-order chi connectivity index (χ1) is 8.08. The van der Waals surface area contributed by atoms with E-state index < -0.39 is 0 Å². The van der Waals surface area contributed by atoms with Gasteiger partial charge in [-0.25, -0.2) is 0 Å². The van der Waals surface area contributed by atoms with Crippen molar-refractivity contribution in [3.8, 4) is 0 Å². The predicted octanol–water partition coefficient (Wildman–Crippen LogP) is 4.50. The van der Waals surface area contributed by atoms with Gasteiger partial charge in [0.25, 0.3) is 0 Å².